The van der Waals surface area contributed by atoms with Crippen molar-refractivity contribution in [3.05, 3.63) is 33.9 Å². The highest BCUT2D eigenvalue weighted by Crippen LogP contribution is 2.33. The summed E-state index contributed by atoms with van der Waals surface area (Å²) in [5, 5.41) is 4.02. The molecule has 0 unspecified atom stereocenters. The molecule has 1 N–H and O–H groups in total. The zero-order chi connectivity index (χ0) is 12.2. The van der Waals surface area contributed by atoms with Gasteiger partial charge in [0.25, 0.3) is 5.91 Å². The van der Waals surface area contributed by atoms with E-state index in [0.717, 1.165) is 21.1 Å². The molecule has 0 bridgehead atoms. The second kappa shape index (κ2) is 3.60. The average Bonchev–Trinajstić information content (AvgIpc) is 2.70. The van der Waals surface area contributed by atoms with Crippen molar-refractivity contribution in [2.24, 2.45) is 0 Å². The molecule has 3 rings (SSSR count). The standard InChI is InChI=1S/C13H13BrN2O/c1-7-3-4-9-5-10-13(17)15-6-8(2)16(10)12(9)11(7)14/h3-5,8H,6H2,1-2H3,(H,15,17)/t8-/m1/s1. The molecule has 1 aliphatic rings. The highest BCUT2D eigenvalue weighted by Gasteiger charge is 2.25. The predicted molar refractivity (Wildman–Crippen MR) is 71.4 cm³/mol. The second-order valence-electron chi connectivity index (χ2n) is 4.59. The SMILES string of the molecule is Cc1ccc2cc3n(c2c1Br)[C@H](C)CNC3=O. The Bertz CT molecular complexity index is 630. The van der Waals surface area contributed by atoms with Crippen molar-refractivity contribution < 1.29 is 4.79 Å². The Hall–Kier alpha value is -1.29. The Labute approximate surface area is 108 Å². The lowest BCUT2D eigenvalue weighted by atomic mass is 10.2. The molecule has 0 aliphatic carbocycles. The number of aryl methyl sites for hydroxylation is 1. The van der Waals surface area contributed by atoms with Crippen molar-refractivity contribution in [2.75, 3.05) is 6.54 Å². The molecule has 2 heterocycles. The molecule has 0 radical (unpaired) electrons. The average molecular weight is 293 g/mol. The summed E-state index contributed by atoms with van der Waals surface area (Å²) >= 11 is 3.63. The first-order chi connectivity index (χ1) is 8.09. The van der Waals surface area contributed by atoms with Crippen LogP contribution in [0, 0.1) is 6.92 Å². The topological polar surface area (TPSA) is 34.0 Å². The highest BCUT2D eigenvalue weighted by molar-refractivity contribution is 9.10. The molecule has 1 amide bonds. The number of benzene rings is 1. The Morgan fingerprint density at radius 3 is 3.00 bits per heavy atom. The number of nitrogens with one attached hydrogen (secondary N) is 1. The van der Waals surface area contributed by atoms with E-state index in [1.807, 2.05) is 6.07 Å². The van der Waals surface area contributed by atoms with Crippen LogP contribution in [-0.4, -0.2) is 17.0 Å². The lowest BCUT2D eigenvalue weighted by molar-refractivity contribution is 0.0919. The number of hydrogen-bond donors (Lipinski definition) is 1. The van der Waals surface area contributed by atoms with Gasteiger partial charge in [-0.15, -0.1) is 0 Å². The Morgan fingerprint density at radius 1 is 1.47 bits per heavy atom. The first kappa shape index (κ1) is 10.8. The zero-order valence-electron chi connectivity index (χ0n) is 9.75. The predicted octanol–water partition coefficient (Wildman–Crippen LogP) is 3.02. The number of rotatable bonds is 0. The molecule has 4 heteroatoms. The molecule has 88 valence electrons. The van der Waals surface area contributed by atoms with Crippen molar-refractivity contribution in [2.45, 2.75) is 19.9 Å². The van der Waals surface area contributed by atoms with Crippen LogP contribution >= 0.6 is 15.9 Å². The molecule has 2 aromatic rings. The third kappa shape index (κ3) is 1.43. The fraction of sp³-hybridized carbons (Fsp3) is 0.308. The van der Waals surface area contributed by atoms with E-state index in [1.54, 1.807) is 0 Å². The minimum Gasteiger partial charge on any atom is -0.349 e. The summed E-state index contributed by atoms with van der Waals surface area (Å²) in [6, 6.07) is 6.39. The van der Waals surface area contributed by atoms with Crippen LogP contribution < -0.4 is 5.32 Å². The third-order valence-corrected chi connectivity index (χ3v) is 4.37. The van der Waals surface area contributed by atoms with Gasteiger partial charge in [0.05, 0.1) is 5.52 Å². The largest absolute Gasteiger partial charge is 0.349 e. The molecule has 3 nitrogen and oxygen atoms in total. The maximum atomic E-state index is 11.8. The molecular weight excluding hydrogens is 280 g/mol. The summed E-state index contributed by atoms with van der Waals surface area (Å²) in [5.74, 6) is 0.0175. The van der Waals surface area contributed by atoms with Gasteiger partial charge in [-0.1, -0.05) is 12.1 Å². The second-order valence-corrected chi connectivity index (χ2v) is 5.39. The molecule has 1 aromatic carbocycles. The van der Waals surface area contributed by atoms with Crippen molar-refractivity contribution in [3.8, 4) is 0 Å². The van der Waals surface area contributed by atoms with E-state index >= 15 is 0 Å². The fourth-order valence-corrected chi connectivity index (χ4v) is 2.99. The van der Waals surface area contributed by atoms with Gasteiger partial charge in [0.15, 0.2) is 0 Å². The van der Waals surface area contributed by atoms with Crippen LogP contribution in [-0.2, 0) is 0 Å². The van der Waals surface area contributed by atoms with Gasteiger partial charge in [-0.25, -0.2) is 0 Å². The van der Waals surface area contributed by atoms with Gasteiger partial charge in [0, 0.05) is 22.4 Å². The Balaban J connectivity index is 2.44. The Morgan fingerprint density at radius 2 is 2.24 bits per heavy atom. The summed E-state index contributed by atoms with van der Waals surface area (Å²) in [6.45, 7) is 4.88. The minimum atomic E-state index is 0.0175. The maximum Gasteiger partial charge on any atom is 0.268 e. The quantitative estimate of drug-likeness (QED) is 0.796. The van der Waals surface area contributed by atoms with Gasteiger partial charge < -0.3 is 9.88 Å². The maximum absolute atomic E-state index is 11.8. The number of amides is 1. The first-order valence-corrected chi connectivity index (χ1v) is 6.47. The summed E-state index contributed by atoms with van der Waals surface area (Å²) in [6.07, 6.45) is 0. The van der Waals surface area contributed by atoms with Crippen LogP contribution in [0.1, 0.15) is 29.0 Å². The number of carbonyl (C=O) groups excluding carboxylic acids is 1. The van der Waals surface area contributed by atoms with Gasteiger partial charge >= 0.3 is 0 Å². The lowest BCUT2D eigenvalue weighted by Gasteiger charge is -2.24. The molecule has 0 fully saturated rings. The van der Waals surface area contributed by atoms with E-state index in [0.29, 0.717) is 12.6 Å². The monoisotopic (exact) mass is 292 g/mol. The number of fused-ring (bicyclic) bond motifs is 3. The van der Waals surface area contributed by atoms with E-state index in [-0.39, 0.29) is 5.91 Å². The van der Waals surface area contributed by atoms with Crippen LogP contribution in [0.4, 0.5) is 0 Å². The van der Waals surface area contributed by atoms with E-state index in [1.165, 1.54) is 5.56 Å². The number of nitrogens with zero attached hydrogens (tertiary/aromatic N) is 1. The van der Waals surface area contributed by atoms with Gasteiger partial charge in [0.1, 0.15) is 5.69 Å². The Kier molecular flexibility index (Phi) is 2.30. The van der Waals surface area contributed by atoms with Crippen LogP contribution in [0.15, 0.2) is 22.7 Å². The highest BCUT2D eigenvalue weighted by atomic mass is 79.9. The molecule has 17 heavy (non-hydrogen) atoms. The molecule has 1 aliphatic heterocycles. The third-order valence-electron chi connectivity index (χ3n) is 3.36. The minimum absolute atomic E-state index is 0.0175. The number of halogens is 1. The van der Waals surface area contributed by atoms with Crippen LogP contribution in [0.3, 0.4) is 0 Å². The molecule has 0 spiro atoms. The number of carbonyl (C=O) groups is 1. The lowest BCUT2D eigenvalue weighted by Crippen LogP contribution is -2.37. The van der Waals surface area contributed by atoms with Crippen LogP contribution in [0.2, 0.25) is 0 Å². The molecule has 0 saturated carbocycles. The smallest absolute Gasteiger partial charge is 0.268 e. The van der Waals surface area contributed by atoms with E-state index < -0.39 is 0 Å². The number of aromatic nitrogens is 1. The first-order valence-electron chi connectivity index (χ1n) is 5.68. The van der Waals surface area contributed by atoms with Crippen molar-refractivity contribution in [1.82, 2.24) is 9.88 Å². The van der Waals surface area contributed by atoms with E-state index in [9.17, 15) is 4.79 Å². The van der Waals surface area contributed by atoms with E-state index in [4.69, 9.17) is 0 Å². The summed E-state index contributed by atoms with van der Waals surface area (Å²) < 4.78 is 3.22. The van der Waals surface area contributed by atoms with Gasteiger partial charge in [-0.05, 0) is 41.4 Å². The zero-order valence-corrected chi connectivity index (χ0v) is 11.3. The van der Waals surface area contributed by atoms with Crippen LogP contribution in [0.25, 0.3) is 10.9 Å². The van der Waals surface area contributed by atoms with Crippen molar-refractivity contribution in [3.63, 3.8) is 0 Å². The molecular formula is C13H13BrN2O. The van der Waals surface area contributed by atoms with Crippen LogP contribution in [0.5, 0.6) is 0 Å². The summed E-state index contributed by atoms with van der Waals surface area (Å²) in [4.78, 5) is 11.8. The van der Waals surface area contributed by atoms with Crippen molar-refractivity contribution in [1.29, 1.82) is 0 Å². The van der Waals surface area contributed by atoms with E-state index in [2.05, 4.69) is 51.8 Å². The number of hydrogen-bond acceptors (Lipinski definition) is 1. The molecule has 1 atom stereocenters. The van der Waals surface area contributed by atoms with Gasteiger partial charge in [-0.2, -0.15) is 0 Å². The van der Waals surface area contributed by atoms with Gasteiger partial charge in [-0.3, -0.25) is 4.79 Å². The molecule has 1 aromatic heterocycles. The van der Waals surface area contributed by atoms with Crippen molar-refractivity contribution >= 4 is 32.7 Å². The normalized spacial score (nSPS) is 19.2. The fourth-order valence-electron chi connectivity index (χ4n) is 2.43. The summed E-state index contributed by atoms with van der Waals surface area (Å²) in [7, 11) is 0. The summed E-state index contributed by atoms with van der Waals surface area (Å²) in [5.41, 5.74) is 3.07. The van der Waals surface area contributed by atoms with Gasteiger partial charge in [0.2, 0.25) is 0 Å². The molecule has 0 saturated heterocycles.